The molecule has 2 aliphatic rings. The highest BCUT2D eigenvalue weighted by molar-refractivity contribution is 5.85. The molecule has 3 nitrogen and oxygen atoms in total. The largest absolute Gasteiger partial charge is 0.497 e. The van der Waals surface area contributed by atoms with Crippen molar-refractivity contribution in [1.82, 2.24) is 5.32 Å². The van der Waals surface area contributed by atoms with E-state index in [0.717, 1.165) is 31.3 Å². The molecule has 154 valence electrons. The number of benzene rings is 2. The molecule has 28 heavy (non-hydrogen) atoms. The highest BCUT2D eigenvalue weighted by Gasteiger charge is 2.25. The number of methoxy groups -OCH3 is 1. The molecule has 4 rings (SSSR count). The van der Waals surface area contributed by atoms with Gasteiger partial charge in [0, 0.05) is 31.4 Å². The van der Waals surface area contributed by atoms with Gasteiger partial charge in [0.1, 0.15) is 5.75 Å². The molecule has 0 aromatic heterocycles. The van der Waals surface area contributed by atoms with E-state index in [-0.39, 0.29) is 24.8 Å². The fraction of sp³-hybridized carbons (Fsp3) is 0.478. The van der Waals surface area contributed by atoms with E-state index in [1.807, 2.05) is 0 Å². The van der Waals surface area contributed by atoms with Crippen molar-refractivity contribution in [2.45, 2.75) is 44.1 Å². The zero-order chi connectivity index (χ0) is 17.8. The third-order valence-electron chi connectivity index (χ3n) is 6.10. The van der Waals surface area contributed by atoms with Crippen molar-refractivity contribution in [1.29, 1.82) is 0 Å². The molecule has 2 aromatic carbocycles. The van der Waals surface area contributed by atoms with Gasteiger partial charge >= 0.3 is 0 Å². The monoisotopic (exact) mass is 422 g/mol. The summed E-state index contributed by atoms with van der Waals surface area (Å²) in [6, 6.07) is 18.2. The second-order valence-electron chi connectivity index (χ2n) is 7.61. The quantitative estimate of drug-likeness (QED) is 0.714. The molecule has 0 bridgehead atoms. The summed E-state index contributed by atoms with van der Waals surface area (Å²) in [6.07, 6.45) is 6.48. The fourth-order valence-corrected chi connectivity index (χ4v) is 4.68. The Kier molecular flexibility index (Phi) is 8.94. The first-order chi connectivity index (χ1) is 12.8. The molecule has 0 radical (unpaired) electrons. The van der Waals surface area contributed by atoms with E-state index >= 15 is 0 Å². The van der Waals surface area contributed by atoms with E-state index in [4.69, 9.17) is 4.74 Å². The van der Waals surface area contributed by atoms with Crippen molar-refractivity contribution < 1.29 is 4.74 Å². The van der Waals surface area contributed by atoms with Gasteiger partial charge in [-0.3, -0.25) is 0 Å². The lowest BCUT2D eigenvalue weighted by Gasteiger charge is -2.39. The molecule has 1 N–H and O–H groups in total. The van der Waals surface area contributed by atoms with Gasteiger partial charge in [0.15, 0.2) is 0 Å². The predicted molar refractivity (Wildman–Crippen MR) is 123 cm³/mol. The molecule has 1 aliphatic heterocycles. The van der Waals surface area contributed by atoms with Gasteiger partial charge in [0.25, 0.3) is 0 Å². The van der Waals surface area contributed by atoms with Gasteiger partial charge in [0.05, 0.1) is 7.11 Å². The van der Waals surface area contributed by atoms with Crippen LogP contribution in [0.2, 0.25) is 0 Å². The molecular weight excluding hydrogens is 391 g/mol. The summed E-state index contributed by atoms with van der Waals surface area (Å²) in [5.74, 6) is 1.67. The van der Waals surface area contributed by atoms with E-state index in [1.165, 1.54) is 37.8 Å². The van der Waals surface area contributed by atoms with Gasteiger partial charge in [-0.1, -0.05) is 24.3 Å². The minimum absolute atomic E-state index is 0. The normalized spacial score (nSPS) is 21.1. The second kappa shape index (κ2) is 10.9. The number of anilines is 1. The number of fused-ring (bicyclic) bond motifs is 1. The van der Waals surface area contributed by atoms with Crippen molar-refractivity contribution >= 4 is 30.5 Å². The zero-order valence-electron chi connectivity index (χ0n) is 16.6. The van der Waals surface area contributed by atoms with Gasteiger partial charge in [-0.2, -0.15) is 0 Å². The Morgan fingerprint density at radius 2 is 1.82 bits per heavy atom. The van der Waals surface area contributed by atoms with Crippen LogP contribution in [0.5, 0.6) is 5.75 Å². The Hall–Kier alpha value is -1.42. The van der Waals surface area contributed by atoms with Gasteiger partial charge in [-0.15, -0.1) is 24.8 Å². The van der Waals surface area contributed by atoms with E-state index < -0.39 is 0 Å². The molecule has 0 spiro atoms. The molecule has 1 heterocycles. The maximum atomic E-state index is 5.31. The first-order valence-corrected chi connectivity index (χ1v) is 10.0. The second-order valence-corrected chi connectivity index (χ2v) is 7.61. The SMILES string of the molecule is COc1ccc(N2CCNCC2CCC2CCCc3ccccc32)cc1.Cl.Cl. The third-order valence-corrected chi connectivity index (χ3v) is 6.10. The number of nitrogens with one attached hydrogen (secondary N) is 1. The van der Waals surface area contributed by atoms with Gasteiger partial charge in [-0.25, -0.2) is 0 Å². The van der Waals surface area contributed by atoms with E-state index in [1.54, 1.807) is 18.2 Å². The van der Waals surface area contributed by atoms with Crippen LogP contribution >= 0.6 is 24.8 Å². The lowest BCUT2D eigenvalue weighted by Crippen LogP contribution is -2.51. The molecule has 2 atom stereocenters. The Bertz CT molecular complexity index is 723. The van der Waals surface area contributed by atoms with Crippen molar-refractivity contribution in [3.63, 3.8) is 0 Å². The standard InChI is InChI=1S/C23H30N2O.2ClH/c1-26-22-13-11-20(12-14-22)25-16-15-24-17-21(25)10-9-19-7-4-6-18-5-2-3-8-23(18)19;;/h2-3,5,8,11-14,19,21,24H,4,6-7,9-10,15-17H2,1H3;2*1H. The summed E-state index contributed by atoms with van der Waals surface area (Å²) in [5.41, 5.74) is 4.51. The average Bonchev–Trinajstić information content (AvgIpc) is 2.72. The third kappa shape index (κ3) is 5.14. The Labute approximate surface area is 181 Å². The summed E-state index contributed by atoms with van der Waals surface area (Å²) in [4.78, 5) is 2.59. The number of halogens is 2. The summed E-state index contributed by atoms with van der Waals surface area (Å²) in [6.45, 7) is 3.23. The number of hydrogen-bond acceptors (Lipinski definition) is 3. The van der Waals surface area contributed by atoms with Crippen LogP contribution in [0, 0.1) is 0 Å². The van der Waals surface area contributed by atoms with Crippen LogP contribution in [0.25, 0.3) is 0 Å². The topological polar surface area (TPSA) is 24.5 Å². The maximum Gasteiger partial charge on any atom is 0.119 e. The molecule has 1 saturated heterocycles. The Morgan fingerprint density at radius 3 is 2.61 bits per heavy atom. The molecule has 2 unspecified atom stereocenters. The highest BCUT2D eigenvalue weighted by atomic mass is 35.5. The van der Waals surface area contributed by atoms with E-state index in [0.29, 0.717) is 6.04 Å². The first-order valence-electron chi connectivity index (χ1n) is 10.0. The number of hydrogen-bond donors (Lipinski definition) is 1. The number of aryl methyl sites for hydroxylation is 1. The van der Waals surface area contributed by atoms with Crippen molar-refractivity contribution in [3.8, 4) is 5.75 Å². The van der Waals surface area contributed by atoms with Crippen LogP contribution in [-0.4, -0.2) is 32.8 Å². The summed E-state index contributed by atoms with van der Waals surface area (Å²) in [5, 5.41) is 3.60. The molecule has 0 saturated carbocycles. The summed E-state index contributed by atoms with van der Waals surface area (Å²) < 4.78 is 5.31. The average molecular weight is 423 g/mol. The highest BCUT2D eigenvalue weighted by Crippen LogP contribution is 2.35. The van der Waals surface area contributed by atoms with Crippen molar-refractivity contribution in [3.05, 3.63) is 59.7 Å². The number of nitrogens with zero attached hydrogens (tertiary/aromatic N) is 1. The summed E-state index contributed by atoms with van der Waals surface area (Å²) in [7, 11) is 1.73. The molecule has 5 heteroatoms. The smallest absolute Gasteiger partial charge is 0.119 e. The van der Waals surface area contributed by atoms with Gasteiger partial charge < -0.3 is 15.0 Å². The minimum Gasteiger partial charge on any atom is -0.497 e. The zero-order valence-corrected chi connectivity index (χ0v) is 18.2. The molecule has 1 aliphatic carbocycles. The van der Waals surface area contributed by atoms with Gasteiger partial charge in [0.2, 0.25) is 0 Å². The number of rotatable bonds is 5. The molecule has 2 aromatic rings. The van der Waals surface area contributed by atoms with E-state index in [2.05, 4.69) is 58.7 Å². The van der Waals surface area contributed by atoms with Crippen molar-refractivity contribution in [2.75, 3.05) is 31.6 Å². The van der Waals surface area contributed by atoms with Crippen LogP contribution in [0.3, 0.4) is 0 Å². The lowest BCUT2D eigenvalue weighted by molar-refractivity contribution is 0.409. The minimum atomic E-state index is 0. The number of piperazine rings is 1. The Balaban J connectivity index is 0.00000140. The van der Waals surface area contributed by atoms with Crippen LogP contribution in [0.4, 0.5) is 5.69 Å². The summed E-state index contributed by atoms with van der Waals surface area (Å²) >= 11 is 0. The molecule has 1 fully saturated rings. The van der Waals surface area contributed by atoms with E-state index in [9.17, 15) is 0 Å². The fourth-order valence-electron chi connectivity index (χ4n) is 4.68. The van der Waals surface area contributed by atoms with Gasteiger partial charge in [-0.05, 0) is 73.4 Å². The first kappa shape index (κ1) is 22.9. The number of ether oxygens (including phenoxy) is 1. The predicted octanol–water partition coefficient (Wildman–Crippen LogP) is 5.22. The van der Waals surface area contributed by atoms with Crippen molar-refractivity contribution in [2.24, 2.45) is 0 Å². The van der Waals surface area contributed by atoms with Crippen LogP contribution < -0.4 is 15.0 Å². The van der Waals surface area contributed by atoms with Crippen LogP contribution in [0.1, 0.15) is 42.7 Å². The van der Waals surface area contributed by atoms with Crippen LogP contribution in [0.15, 0.2) is 48.5 Å². The molecule has 0 amide bonds. The molecular formula is C23H32Cl2N2O. The Morgan fingerprint density at radius 1 is 1.04 bits per heavy atom. The maximum absolute atomic E-state index is 5.31. The lowest BCUT2D eigenvalue weighted by atomic mass is 9.80. The van der Waals surface area contributed by atoms with Crippen LogP contribution in [-0.2, 0) is 6.42 Å².